The highest BCUT2D eigenvalue weighted by atomic mass is 35.5. The largest absolute Gasteiger partial charge is 0.496 e. The molecule has 0 aliphatic carbocycles. The molecule has 1 aromatic rings. The molecule has 1 aliphatic heterocycles. The van der Waals surface area contributed by atoms with Crippen LogP contribution in [0, 0.1) is 0 Å². The van der Waals surface area contributed by atoms with Crippen molar-refractivity contribution in [3.63, 3.8) is 0 Å². The Labute approximate surface area is 120 Å². The van der Waals surface area contributed by atoms with Gasteiger partial charge in [0, 0.05) is 29.7 Å². The van der Waals surface area contributed by atoms with Crippen LogP contribution in [0.5, 0.6) is 5.75 Å². The second-order valence-electron chi connectivity index (χ2n) is 5.51. The zero-order chi connectivity index (χ0) is 14.0. The number of ether oxygens (including phenoxy) is 1. The van der Waals surface area contributed by atoms with Crippen molar-refractivity contribution in [2.75, 3.05) is 20.2 Å². The predicted molar refractivity (Wildman–Crippen MR) is 77.8 cm³/mol. The molecular formula is C15H22ClNO2. The fraction of sp³-hybridized carbons (Fsp3) is 0.600. The Morgan fingerprint density at radius 1 is 1.32 bits per heavy atom. The average Bonchev–Trinajstić information content (AvgIpc) is 2.39. The number of rotatable bonds is 3. The van der Waals surface area contributed by atoms with Crippen LogP contribution in [0.4, 0.5) is 0 Å². The molecule has 1 aliphatic rings. The van der Waals surface area contributed by atoms with Crippen LogP contribution in [0.15, 0.2) is 18.2 Å². The van der Waals surface area contributed by atoms with E-state index in [-0.39, 0.29) is 0 Å². The summed E-state index contributed by atoms with van der Waals surface area (Å²) in [5.74, 6) is 0.713. The first-order valence-corrected chi connectivity index (χ1v) is 7.14. The fourth-order valence-corrected chi connectivity index (χ4v) is 2.90. The number of piperidine rings is 1. The molecule has 1 saturated heterocycles. The van der Waals surface area contributed by atoms with Gasteiger partial charge in [-0.15, -0.1) is 0 Å². The highest BCUT2D eigenvalue weighted by Crippen LogP contribution is 2.39. The quantitative estimate of drug-likeness (QED) is 0.925. The summed E-state index contributed by atoms with van der Waals surface area (Å²) in [7, 11) is 1.62. The molecule has 3 nitrogen and oxygen atoms in total. The molecule has 4 heteroatoms. The molecule has 106 valence electrons. The minimum Gasteiger partial charge on any atom is -0.496 e. The maximum atomic E-state index is 10.9. The van der Waals surface area contributed by atoms with Gasteiger partial charge in [-0.2, -0.15) is 0 Å². The fourth-order valence-electron chi connectivity index (χ4n) is 2.72. The Bertz CT molecular complexity index is 440. The van der Waals surface area contributed by atoms with Crippen molar-refractivity contribution < 1.29 is 9.84 Å². The molecule has 0 saturated carbocycles. The van der Waals surface area contributed by atoms with Gasteiger partial charge in [0.2, 0.25) is 0 Å². The van der Waals surface area contributed by atoms with Gasteiger partial charge >= 0.3 is 0 Å². The summed E-state index contributed by atoms with van der Waals surface area (Å²) >= 11 is 6.06. The lowest BCUT2D eigenvalue weighted by Gasteiger charge is -2.40. The molecule has 1 fully saturated rings. The monoisotopic (exact) mass is 283 g/mol. The smallest absolute Gasteiger partial charge is 0.125 e. The number of nitrogens with zero attached hydrogens (tertiary/aromatic N) is 1. The summed E-state index contributed by atoms with van der Waals surface area (Å²) in [6.45, 7) is 6.16. The zero-order valence-corrected chi connectivity index (χ0v) is 12.6. The van der Waals surface area contributed by atoms with E-state index in [2.05, 4.69) is 18.7 Å². The van der Waals surface area contributed by atoms with Gasteiger partial charge < -0.3 is 14.7 Å². The molecular weight excluding hydrogens is 262 g/mol. The molecule has 0 amide bonds. The van der Waals surface area contributed by atoms with Crippen LogP contribution in [0.1, 0.15) is 32.3 Å². The van der Waals surface area contributed by atoms with E-state index in [1.807, 2.05) is 12.1 Å². The van der Waals surface area contributed by atoms with Crippen molar-refractivity contribution in [1.29, 1.82) is 0 Å². The number of methoxy groups -OCH3 is 1. The predicted octanol–water partition coefficient (Wildman–Crippen LogP) is 3.04. The van der Waals surface area contributed by atoms with Gasteiger partial charge in [0.1, 0.15) is 5.75 Å². The standard InChI is InChI=1S/C15H22ClNO2/c1-11(2)17-8-6-15(18,7-9-17)13-10-12(16)4-5-14(13)19-3/h4-5,10-11,18H,6-9H2,1-3H3. The van der Waals surface area contributed by atoms with Crippen molar-refractivity contribution in [1.82, 2.24) is 4.90 Å². The summed E-state index contributed by atoms with van der Waals surface area (Å²) in [5.41, 5.74) is -0.0207. The Morgan fingerprint density at radius 2 is 1.95 bits per heavy atom. The van der Waals surface area contributed by atoms with Crippen LogP contribution in [-0.2, 0) is 5.60 Å². The molecule has 1 aromatic carbocycles. The van der Waals surface area contributed by atoms with E-state index in [1.54, 1.807) is 13.2 Å². The van der Waals surface area contributed by atoms with Gasteiger partial charge in [-0.25, -0.2) is 0 Å². The third-order valence-electron chi connectivity index (χ3n) is 4.02. The minimum atomic E-state index is -0.832. The van der Waals surface area contributed by atoms with E-state index in [4.69, 9.17) is 16.3 Å². The normalized spacial score (nSPS) is 19.7. The molecule has 0 radical (unpaired) electrons. The third-order valence-corrected chi connectivity index (χ3v) is 4.25. The van der Waals surface area contributed by atoms with E-state index in [9.17, 15) is 5.11 Å². The lowest BCUT2D eigenvalue weighted by molar-refractivity contribution is -0.0338. The molecule has 0 bridgehead atoms. The first kappa shape index (κ1) is 14.6. The summed E-state index contributed by atoms with van der Waals surface area (Å²) in [4.78, 5) is 2.38. The summed E-state index contributed by atoms with van der Waals surface area (Å²) in [6, 6.07) is 5.96. The van der Waals surface area contributed by atoms with Crippen LogP contribution in [0.2, 0.25) is 5.02 Å². The van der Waals surface area contributed by atoms with Crippen molar-refractivity contribution in [2.24, 2.45) is 0 Å². The second-order valence-corrected chi connectivity index (χ2v) is 5.94. The molecule has 19 heavy (non-hydrogen) atoms. The lowest BCUT2D eigenvalue weighted by Crippen LogP contribution is -2.45. The Kier molecular flexibility index (Phi) is 4.39. The number of hydrogen-bond acceptors (Lipinski definition) is 3. The Hall–Kier alpha value is -0.770. The molecule has 1 heterocycles. The summed E-state index contributed by atoms with van der Waals surface area (Å²) in [6.07, 6.45) is 1.42. The van der Waals surface area contributed by atoms with Gasteiger partial charge in [0.05, 0.1) is 12.7 Å². The summed E-state index contributed by atoms with van der Waals surface area (Å²) < 4.78 is 5.36. The van der Waals surface area contributed by atoms with E-state index in [0.717, 1.165) is 18.7 Å². The SMILES string of the molecule is COc1ccc(Cl)cc1C1(O)CCN(C(C)C)CC1. The zero-order valence-electron chi connectivity index (χ0n) is 11.8. The van der Waals surface area contributed by atoms with Crippen molar-refractivity contribution >= 4 is 11.6 Å². The van der Waals surface area contributed by atoms with Crippen molar-refractivity contribution in [2.45, 2.75) is 38.3 Å². The van der Waals surface area contributed by atoms with E-state index in [1.165, 1.54) is 0 Å². The maximum Gasteiger partial charge on any atom is 0.125 e. The van der Waals surface area contributed by atoms with Gasteiger partial charge in [0.25, 0.3) is 0 Å². The summed E-state index contributed by atoms with van der Waals surface area (Å²) in [5, 5.41) is 11.5. The van der Waals surface area contributed by atoms with Gasteiger partial charge in [-0.1, -0.05) is 11.6 Å². The number of aliphatic hydroxyl groups is 1. The van der Waals surface area contributed by atoms with E-state index in [0.29, 0.717) is 29.7 Å². The topological polar surface area (TPSA) is 32.7 Å². The molecule has 0 unspecified atom stereocenters. The second kappa shape index (κ2) is 5.70. The maximum absolute atomic E-state index is 10.9. The van der Waals surface area contributed by atoms with E-state index >= 15 is 0 Å². The van der Waals surface area contributed by atoms with Crippen LogP contribution in [-0.4, -0.2) is 36.2 Å². The number of halogens is 1. The minimum absolute atomic E-state index is 0.519. The molecule has 0 spiro atoms. The van der Waals surface area contributed by atoms with Crippen LogP contribution < -0.4 is 4.74 Å². The first-order chi connectivity index (χ1) is 8.96. The van der Waals surface area contributed by atoms with Crippen LogP contribution in [0.3, 0.4) is 0 Å². The highest BCUT2D eigenvalue weighted by molar-refractivity contribution is 6.30. The van der Waals surface area contributed by atoms with Crippen molar-refractivity contribution in [3.05, 3.63) is 28.8 Å². The molecule has 2 rings (SSSR count). The van der Waals surface area contributed by atoms with Crippen molar-refractivity contribution in [3.8, 4) is 5.75 Å². The molecule has 1 N–H and O–H groups in total. The van der Waals surface area contributed by atoms with Gasteiger partial charge in [-0.05, 0) is 44.9 Å². The van der Waals surface area contributed by atoms with E-state index < -0.39 is 5.60 Å². The molecule has 0 atom stereocenters. The van der Waals surface area contributed by atoms with Gasteiger partial charge in [-0.3, -0.25) is 0 Å². The highest BCUT2D eigenvalue weighted by Gasteiger charge is 2.36. The third kappa shape index (κ3) is 3.04. The number of likely N-dealkylation sites (tertiary alicyclic amines) is 1. The average molecular weight is 284 g/mol. The Morgan fingerprint density at radius 3 is 2.47 bits per heavy atom. The lowest BCUT2D eigenvalue weighted by atomic mass is 9.83. The molecule has 0 aromatic heterocycles. The van der Waals surface area contributed by atoms with Crippen LogP contribution >= 0.6 is 11.6 Å². The van der Waals surface area contributed by atoms with Gasteiger partial charge in [0.15, 0.2) is 0 Å². The number of benzene rings is 1. The van der Waals surface area contributed by atoms with Crippen LogP contribution in [0.25, 0.3) is 0 Å². The number of hydrogen-bond donors (Lipinski definition) is 1. The Balaban J connectivity index is 2.24. The first-order valence-electron chi connectivity index (χ1n) is 6.77.